The molecule has 0 amide bonds. The van der Waals surface area contributed by atoms with E-state index < -0.39 is 0 Å². The van der Waals surface area contributed by atoms with Gasteiger partial charge in [0.05, 0.1) is 12.8 Å². The summed E-state index contributed by atoms with van der Waals surface area (Å²) in [5, 5.41) is 3.55. The summed E-state index contributed by atoms with van der Waals surface area (Å²) < 4.78 is 5.45. The van der Waals surface area contributed by atoms with Crippen LogP contribution in [0.15, 0.2) is 18.3 Å². The van der Waals surface area contributed by atoms with Crippen LogP contribution in [0.4, 0.5) is 0 Å². The lowest BCUT2D eigenvalue weighted by molar-refractivity contribution is 0.383. The molecule has 1 fully saturated rings. The molecule has 0 spiro atoms. The lowest BCUT2D eigenvalue weighted by atomic mass is 9.91. The molecule has 1 saturated carbocycles. The maximum absolute atomic E-state index is 5.45. The van der Waals surface area contributed by atoms with Gasteiger partial charge in [0.15, 0.2) is 0 Å². The van der Waals surface area contributed by atoms with Crippen molar-refractivity contribution in [3.63, 3.8) is 0 Å². The van der Waals surface area contributed by atoms with Crippen molar-refractivity contribution in [1.29, 1.82) is 0 Å². The molecule has 2 unspecified atom stereocenters. The number of nitrogens with one attached hydrogen (secondary N) is 1. The van der Waals surface area contributed by atoms with E-state index in [9.17, 15) is 0 Å². The molecule has 3 nitrogen and oxygen atoms in total. The van der Waals surface area contributed by atoms with Crippen LogP contribution in [0.1, 0.15) is 44.2 Å². The molecule has 0 bridgehead atoms. The Balaban J connectivity index is 2.05. The van der Waals surface area contributed by atoms with Gasteiger partial charge in [-0.15, -0.1) is 0 Å². The Kier molecular flexibility index (Phi) is 5.00. The average Bonchev–Trinajstić information content (AvgIpc) is 2.87. The molecule has 1 aromatic heterocycles. The number of rotatable bonds is 6. The number of pyridine rings is 1. The third kappa shape index (κ3) is 3.02. The summed E-state index contributed by atoms with van der Waals surface area (Å²) in [6.07, 6.45) is 6.94. The predicted octanol–water partition coefficient (Wildman–Crippen LogP) is 2.97. The molecule has 1 heterocycles. The Morgan fingerprint density at radius 3 is 3.11 bits per heavy atom. The van der Waals surface area contributed by atoms with E-state index in [0.717, 1.165) is 24.5 Å². The topological polar surface area (TPSA) is 34.2 Å². The second-order valence-electron chi connectivity index (χ2n) is 5.09. The van der Waals surface area contributed by atoms with Crippen LogP contribution in [0.2, 0.25) is 0 Å². The van der Waals surface area contributed by atoms with Crippen LogP contribution >= 0.6 is 0 Å². The molecule has 1 aliphatic rings. The highest BCUT2D eigenvalue weighted by Crippen LogP contribution is 2.41. The standard InChI is InChI=1S/C15H24N2O/c1-3-9-16-11-12-6-4-7-13(12)15-14(18-2)8-5-10-17-15/h5,8,10,12-13,16H,3-4,6-7,9,11H2,1-2H3. The van der Waals surface area contributed by atoms with Gasteiger partial charge in [0.1, 0.15) is 5.75 Å². The number of aromatic nitrogens is 1. The van der Waals surface area contributed by atoms with E-state index in [4.69, 9.17) is 4.74 Å². The maximum atomic E-state index is 5.45. The van der Waals surface area contributed by atoms with Crippen LogP contribution in [-0.4, -0.2) is 25.2 Å². The number of methoxy groups -OCH3 is 1. The van der Waals surface area contributed by atoms with Crippen molar-refractivity contribution < 1.29 is 4.74 Å². The lowest BCUT2D eigenvalue weighted by Crippen LogP contribution is -2.25. The van der Waals surface area contributed by atoms with E-state index in [1.165, 1.54) is 25.7 Å². The van der Waals surface area contributed by atoms with Gasteiger partial charge in [0, 0.05) is 12.1 Å². The smallest absolute Gasteiger partial charge is 0.140 e. The van der Waals surface area contributed by atoms with Gasteiger partial charge in [-0.2, -0.15) is 0 Å². The highest BCUT2D eigenvalue weighted by molar-refractivity contribution is 5.31. The van der Waals surface area contributed by atoms with Crippen molar-refractivity contribution in [2.45, 2.75) is 38.5 Å². The number of hydrogen-bond donors (Lipinski definition) is 1. The van der Waals surface area contributed by atoms with E-state index in [2.05, 4.69) is 17.2 Å². The first-order valence-electron chi connectivity index (χ1n) is 7.06. The van der Waals surface area contributed by atoms with Crippen LogP contribution in [0.3, 0.4) is 0 Å². The molecule has 2 rings (SSSR count). The predicted molar refractivity (Wildman–Crippen MR) is 74.0 cm³/mol. The number of hydrogen-bond acceptors (Lipinski definition) is 3. The first-order chi connectivity index (χ1) is 8.86. The highest BCUT2D eigenvalue weighted by atomic mass is 16.5. The summed E-state index contributed by atoms with van der Waals surface area (Å²) in [7, 11) is 1.74. The van der Waals surface area contributed by atoms with Gasteiger partial charge in [0.2, 0.25) is 0 Å². The zero-order valence-electron chi connectivity index (χ0n) is 11.5. The van der Waals surface area contributed by atoms with Gasteiger partial charge in [-0.1, -0.05) is 13.3 Å². The van der Waals surface area contributed by atoms with Crippen LogP contribution in [0, 0.1) is 5.92 Å². The fraction of sp³-hybridized carbons (Fsp3) is 0.667. The van der Waals surface area contributed by atoms with E-state index in [0.29, 0.717) is 11.8 Å². The molecular weight excluding hydrogens is 224 g/mol. The minimum Gasteiger partial charge on any atom is -0.495 e. The quantitative estimate of drug-likeness (QED) is 0.786. The summed E-state index contributed by atoms with van der Waals surface area (Å²) in [6, 6.07) is 3.97. The number of ether oxygens (including phenoxy) is 1. The van der Waals surface area contributed by atoms with Gasteiger partial charge in [-0.05, 0) is 50.4 Å². The molecule has 0 aromatic carbocycles. The first-order valence-corrected chi connectivity index (χ1v) is 7.06. The Morgan fingerprint density at radius 1 is 1.44 bits per heavy atom. The average molecular weight is 248 g/mol. The SMILES string of the molecule is CCCNCC1CCCC1c1ncccc1OC. The van der Waals surface area contributed by atoms with Crippen molar-refractivity contribution in [3.05, 3.63) is 24.0 Å². The fourth-order valence-electron chi connectivity index (χ4n) is 2.96. The molecule has 3 heteroatoms. The summed E-state index contributed by atoms with van der Waals surface area (Å²) in [5.74, 6) is 2.22. The van der Waals surface area contributed by atoms with Crippen molar-refractivity contribution in [3.8, 4) is 5.75 Å². The second-order valence-corrected chi connectivity index (χ2v) is 5.09. The molecule has 1 N–H and O–H groups in total. The Labute approximate surface area is 110 Å². The van der Waals surface area contributed by atoms with Gasteiger partial charge < -0.3 is 10.1 Å². The monoisotopic (exact) mass is 248 g/mol. The van der Waals surface area contributed by atoms with Gasteiger partial charge in [-0.3, -0.25) is 4.98 Å². The van der Waals surface area contributed by atoms with Crippen molar-refractivity contribution in [1.82, 2.24) is 10.3 Å². The molecule has 1 aliphatic carbocycles. The van der Waals surface area contributed by atoms with Crippen LogP contribution in [0.5, 0.6) is 5.75 Å². The minimum absolute atomic E-state index is 0.561. The Hall–Kier alpha value is -1.09. The van der Waals surface area contributed by atoms with Crippen LogP contribution in [-0.2, 0) is 0 Å². The fourth-order valence-corrected chi connectivity index (χ4v) is 2.96. The van der Waals surface area contributed by atoms with E-state index in [1.807, 2.05) is 18.3 Å². The van der Waals surface area contributed by atoms with Crippen LogP contribution < -0.4 is 10.1 Å². The second kappa shape index (κ2) is 6.74. The van der Waals surface area contributed by atoms with Crippen molar-refractivity contribution in [2.75, 3.05) is 20.2 Å². The Bertz CT molecular complexity index is 367. The van der Waals surface area contributed by atoms with Gasteiger partial charge in [-0.25, -0.2) is 0 Å². The largest absolute Gasteiger partial charge is 0.495 e. The normalized spacial score (nSPS) is 23.2. The summed E-state index contributed by atoms with van der Waals surface area (Å²) in [4.78, 5) is 4.56. The zero-order chi connectivity index (χ0) is 12.8. The first kappa shape index (κ1) is 13.3. The van der Waals surface area contributed by atoms with Gasteiger partial charge in [0.25, 0.3) is 0 Å². The summed E-state index contributed by atoms with van der Waals surface area (Å²) >= 11 is 0. The molecular formula is C15H24N2O. The van der Waals surface area contributed by atoms with Crippen molar-refractivity contribution >= 4 is 0 Å². The lowest BCUT2D eigenvalue weighted by Gasteiger charge is -2.21. The third-order valence-electron chi connectivity index (χ3n) is 3.86. The highest BCUT2D eigenvalue weighted by Gasteiger charge is 2.31. The van der Waals surface area contributed by atoms with Gasteiger partial charge >= 0.3 is 0 Å². The minimum atomic E-state index is 0.561. The number of nitrogens with zero attached hydrogens (tertiary/aromatic N) is 1. The van der Waals surface area contributed by atoms with E-state index >= 15 is 0 Å². The third-order valence-corrected chi connectivity index (χ3v) is 3.86. The maximum Gasteiger partial charge on any atom is 0.140 e. The molecule has 100 valence electrons. The van der Waals surface area contributed by atoms with Crippen molar-refractivity contribution in [2.24, 2.45) is 5.92 Å². The zero-order valence-corrected chi connectivity index (χ0v) is 11.5. The molecule has 0 aliphatic heterocycles. The van der Waals surface area contributed by atoms with Crippen LogP contribution in [0.25, 0.3) is 0 Å². The van der Waals surface area contributed by atoms with E-state index in [-0.39, 0.29) is 0 Å². The Morgan fingerprint density at radius 2 is 2.33 bits per heavy atom. The summed E-state index contributed by atoms with van der Waals surface area (Å²) in [6.45, 7) is 4.43. The molecule has 18 heavy (non-hydrogen) atoms. The van der Waals surface area contributed by atoms with E-state index in [1.54, 1.807) is 7.11 Å². The molecule has 2 atom stereocenters. The molecule has 0 radical (unpaired) electrons. The molecule has 1 aromatic rings. The summed E-state index contributed by atoms with van der Waals surface area (Å²) in [5.41, 5.74) is 1.15. The molecule has 0 saturated heterocycles.